The second-order valence-electron chi connectivity index (χ2n) is 4.20. The van der Waals surface area contributed by atoms with E-state index in [-0.39, 0.29) is 12.5 Å². The van der Waals surface area contributed by atoms with Gasteiger partial charge in [-0.1, -0.05) is 17.7 Å². The number of benzene rings is 1. The minimum atomic E-state index is -0.121. The van der Waals surface area contributed by atoms with Crippen molar-refractivity contribution < 1.29 is 4.79 Å². The van der Waals surface area contributed by atoms with E-state index in [1.807, 2.05) is 13.8 Å². The van der Waals surface area contributed by atoms with Gasteiger partial charge in [-0.05, 0) is 54.6 Å². The number of aromatic nitrogens is 2. The summed E-state index contributed by atoms with van der Waals surface area (Å²) in [5, 5.41) is 7.73. The van der Waals surface area contributed by atoms with Crippen LogP contribution in [0, 0.1) is 17.4 Å². The number of amides is 1. The molecule has 0 atom stereocenters. The summed E-state index contributed by atoms with van der Waals surface area (Å²) in [7, 11) is 0. The Labute approximate surface area is 130 Å². The minimum Gasteiger partial charge on any atom is -0.324 e. The van der Waals surface area contributed by atoms with Crippen LogP contribution in [0.25, 0.3) is 0 Å². The zero-order valence-electron chi connectivity index (χ0n) is 10.6. The summed E-state index contributed by atoms with van der Waals surface area (Å²) in [6, 6.07) is 7.07. The minimum absolute atomic E-state index is 0.121. The standard InChI is InChI=1S/C13H13ClIN3O/c1-8-13(15)9(2)18(17-8)7-12(19)16-11-5-3-4-10(14)6-11/h3-6H,7H2,1-2H3,(H,16,19). The number of nitrogens with zero attached hydrogens (tertiary/aromatic N) is 2. The van der Waals surface area contributed by atoms with Crippen molar-refractivity contribution in [3.8, 4) is 0 Å². The number of anilines is 1. The second-order valence-corrected chi connectivity index (χ2v) is 5.72. The van der Waals surface area contributed by atoms with Gasteiger partial charge in [0.25, 0.3) is 0 Å². The van der Waals surface area contributed by atoms with Gasteiger partial charge in [-0.2, -0.15) is 5.10 Å². The van der Waals surface area contributed by atoms with Gasteiger partial charge in [0.2, 0.25) is 5.91 Å². The molecule has 0 aliphatic carbocycles. The van der Waals surface area contributed by atoms with Crippen LogP contribution in [0.2, 0.25) is 5.02 Å². The lowest BCUT2D eigenvalue weighted by molar-refractivity contribution is -0.116. The molecule has 2 rings (SSSR count). The maximum Gasteiger partial charge on any atom is 0.246 e. The third-order valence-corrected chi connectivity index (χ3v) is 4.49. The summed E-state index contributed by atoms with van der Waals surface area (Å²) in [6.07, 6.45) is 0. The molecule has 100 valence electrons. The highest BCUT2D eigenvalue weighted by molar-refractivity contribution is 14.1. The predicted molar refractivity (Wildman–Crippen MR) is 84.5 cm³/mol. The van der Waals surface area contributed by atoms with E-state index < -0.39 is 0 Å². The summed E-state index contributed by atoms with van der Waals surface area (Å²) < 4.78 is 2.80. The van der Waals surface area contributed by atoms with Crippen LogP contribution in [0.15, 0.2) is 24.3 Å². The maximum atomic E-state index is 11.9. The van der Waals surface area contributed by atoms with Gasteiger partial charge in [-0.15, -0.1) is 0 Å². The molecule has 1 amide bonds. The van der Waals surface area contributed by atoms with Crippen LogP contribution in [0.3, 0.4) is 0 Å². The van der Waals surface area contributed by atoms with Crippen LogP contribution in [0.5, 0.6) is 0 Å². The van der Waals surface area contributed by atoms with Crippen molar-refractivity contribution in [2.75, 3.05) is 5.32 Å². The molecule has 0 saturated carbocycles. The molecule has 1 heterocycles. The van der Waals surface area contributed by atoms with E-state index in [0.29, 0.717) is 10.7 Å². The van der Waals surface area contributed by atoms with E-state index in [1.54, 1.807) is 28.9 Å². The molecule has 0 radical (unpaired) electrons. The lowest BCUT2D eigenvalue weighted by Crippen LogP contribution is -2.20. The Morgan fingerprint density at radius 3 is 2.79 bits per heavy atom. The van der Waals surface area contributed by atoms with E-state index in [9.17, 15) is 4.79 Å². The Kier molecular flexibility index (Phi) is 4.46. The molecule has 2 aromatic rings. The summed E-state index contributed by atoms with van der Waals surface area (Å²) in [6.45, 7) is 4.08. The number of carbonyl (C=O) groups is 1. The molecule has 6 heteroatoms. The normalized spacial score (nSPS) is 10.5. The average Bonchev–Trinajstić information content (AvgIpc) is 2.57. The van der Waals surface area contributed by atoms with Gasteiger partial charge in [0.1, 0.15) is 6.54 Å². The Bertz CT molecular complexity index is 624. The van der Waals surface area contributed by atoms with E-state index in [2.05, 4.69) is 33.0 Å². The maximum absolute atomic E-state index is 11.9. The first-order chi connectivity index (χ1) is 8.97. The van der Waals surface area contributed by atoms with Crippen molar-refractivity contribution in [2.24, 2.45) is 0 Å². The molecular formula is C13H13ClIN3O. The van der Waals surface area contributed by atoms with E-state index >= 15 is 0 Å². The molecule has 0 unspecified atom stereocenters. The Morgan fingerprint density at radius 1 is 1.47 bits per heavy atom. The molecule has 0 aliphatic rings. The molecule has 0 fully saturated rings. The molecule has 19 heavy (non-hydrogen) atoms. The first-order valence-corrected chi connectivity index (χ1v) is 7.18. The summed E-state index contributed by atoms with van der Waals surface area (Å²) in [5.41, 5.74) is 2.63. The molecule has 0 aliphatic heterocycles. The number of aryl methyl sites for hydroxylation is 1. The number of hydrogen-bond acceptors (Lipinski definition) is 2. The van der Waals surface area contributed by atoms with Gasteiger partial charge in [0.05, 0.1) is 9.26 Å². The Morgan fingerprint density at radius 2 is 2.21 bits per heavy atom. The zero-order chi connectivity index (χ0) is 14.0. The van der Waals surface area contributed by atoms with Gasteiger partial charge in [0.15, 0.2) is 0 Å². The first kappa shape index (κ1) is 14.3. The van der Waals surface area contributed by atoms with Gasteiger partial charge in [-0.25, -0.2) is 0 Å². The van der Waals surface area contributed by atoms with Crippen molar-refractivity contribution in [1.29, 1.82) is 0 Å². The van der Waals surface area contributed by atoms with E-state index in [1.165, 1.54) is 0 Å². The number of rotatable bonds is 3. The van der Waals surface area contributed by atoms with Crippen LogP contribution in [-0.4, -0.2) is 15.7 Å². The summed E-state index contributed by atoms with van der Waals surface area (Å²) in [5.74, 6) is -0.121. The lowest BCUT2D eigenvalue weighted by Gasteiger charge is -2.07. The second kappa shape index (κ2) is 5.92. The van der Waals surface area contributed by atoms with E-state index in [0.717, 1.165) is 15.0 Å². The highest BCUT2D eigenvalue weighted by Gasteiger charge is 2.11. The van der Waals surface area contributed by atoms with Gasteiger partial charge in [-0.3, -0.25) is 9.48 Å². The van der Waals surface area contributed by atoms with Crippen LogP contribution in [0.4, 0.5) is 5.69 Å². The van der Waals surface area contributed by atoms with Crippen LogP contribution >= 0.6 is 34.2 Å². The fourth-order valence-electron chi connectivity index (χ4n) is 1.73. The third kappa shape index (κ3) is 3.48. The molecule has 0 spiro atoms. The number of nitrogens with one attached hydrogen (secondary N) is 1. The highest BCUT2D eigenvalue weighted by atomic mass is 127. The molecule has 4 nitrogen and oxygen atoms in total. The van der Waals surface area contributed by atoms with Crippen molar-refractivity contribution in [3.05, 3.63) is 44.2 Å². The fourth-order valence-corrected chi connectivity index (χ4v) is 2.31. The van der Waals surface area contributed by atoms with Crippen LogP contribution in [0.1, 0.15) is 11.4 Å². The largest absolute Gasteiger partial charge is 0.324 e. The average molecular weight is 390 g/mol. The van der Waals surface area contributed by atoms with Crippen LogP contribution in [-0.2, 0) is 11.3 Å². The molecule has 0 bridgehead atoms. The first-order valence-electron chi connectivity index (χ1n) is 5.72. The fraction of sp³-hybridized carbons (Fsp3) is 0.231. The SMILES string of the molecule is Cc1nn(CC(=O)Nc2cccc(Cl)c2)c(C)c1I. The summed E-state index contributed by atoms with van der Waals surface area (Å²) in [4.78, 5) is 11.9. The third-order valence-electron chi connectivity index (χ3n) is 2.69. The van der Waals surface area contributed by atoms with Crippen molar-refractivity contribution in [1.82, 2.24) is 9.78 Å². The molecule has 1 aromatic carbocycles. The van der Waals surface area contributed by atoms with Crippen molar-refractivity contribution in [2.45, 2.75) is 20.4 Å². The predicted octanol–water partition coefficient (Wildman–Crippen LogP) is 3.40. The highest BCUT2D eigenvalue weighted by Crippen LogP contribution is 2.17. The summed E-state index contributed by atoms with van der Waals surface area (Å²) >= 11 is 8.10. The van der Waals surface area contributed by atoms with Crippen molar-refractivity contribution >= 4 is 45.8 Å². The van der Waals surface area contributed by atoms with Crippen LogP contribution < -0.4 is 5.32 Å². The van der Waals surface area contributed by atoms with Crippen molar-refractivity contribution in [3.63, 3.8) is 0 Å². The lowest BCUT2D eigenvalue weighted by atomic mass is 10.3. The number of carbonyl (C=O) groups excluding carboxylic acids is 1. The monoisotopic (exact) mass is 389 g/mol. The molecule has 0 saturated heterocycles. The number of halogens is 2. The molecule has 1 N–H and O–H groups in total. The quantitative estimate of drug-likeness (QED) is 0.818. The van der Waals surface area contributed by atoms with Gasteiger partial charge >= 0.3 is 0 Å². The molecule has 1 aromatic heterocycles. The Balaban J connectivity index is 2.07. The molecular weight excluding hydrogens is 377 g/mol. The Hall–Kier alpha value is -1.08. The number of hydrogen-bond donors (Lipinski definition) is 1. The van der Waals surface area contributed by atoms with Gasteiger partial charge < -0.3 is 5.32 Å². The van der Waals surface area contributed by atoms with E-state index in [4.69, 9.17) is 11.6 Å². The topological polar surface area (TPSA) is 46.9 Å². The zero-order valence-corrected chi connectivity index (χ0v) is 13.5. The smallest absolute Gasteiger partial charge is 0.246 e. The van der Waals surface area contributed by atoms with Gasteiger partial charge in [0, 0.05) is 16.4 Å².